The molecule has 0 aliphatic carbocycles. The monoisotopic (exact) mass is 565 g/mol. The number of piperazine rings is 1. The molecule has 1 amide bonds. The first-order valence-electron chi connectivity index (χ1n) is 14.6. The third kappa shape index (κ3) is 5.12. The smallest absolute Gasteiger partial charge is 0.243 e. The van der Waals surface area contributed by atoms with Crippen LogP contribution in [0.15, 0.2) is 60.8 Å². The fourth-order valence-electron chi connectivity index (χ4n) is 6.26. The van der Waals surface area contributed by atoms with E-state index in [0.717, 1.165) is 83.4 Å². The summed E-state index contributed by atoms with van der Waals surface area (Å²) in [4.78, 5) is 36.3. The fourth-order valence-corrected chi connectivity index (χ4v) is 6.26. The minimum absolute atomic E-state index is 0.0378. The molecule has 2 aliphatic heterocycles. The Labute approximate surface area is 244 Å². The third-order valence-electron chi connectivity index (χ3n) is 8.55. The van der Waals surface area contributed by atoms with E-state index >= 15 is 0 Å². The molecule has 0 bridgehead atoms. The highest BCUT2D eigenvalue weighted by Crippen LogP contribution is 2.29. The summed E-state index contributed by atoms with van der Waals surface area (Å²) in [6.45, 7) is 6.87. The molecule has 5 aromatic rings. The Morgan fingerprint density at radius 3 is 2.86 bits per heavy atom. The van der Waals surface area contributed by atoms with Crippen LogP contribution in [0.3, 0.4) is 0 Å². The zero-order valence-electron chi connectivity index (χ0n) is 24.0. The number of carbonyl (C=O) groups is 1. The van der Waals surface area contributed by atoms with Crippen LogP contribution in [-0.2, 0) is 16.1 Å². The number of H-pyrrole nitrogens is 1. The normalized spacial score (nSPS) is 19.6. The number of fused-ring (bicyclic) bond motifs is 2. The first-order chi connectivity index (χ1) is 20.6. The number of aromatic amines is 1. The molecule has 2 atom stereocenters. The highest BCUT2D eigenvalue weighted by molar-refractivity contribution is 5.83. The van der Waals surface area contributed by atoms with Crippen molar-refractivity contribution in [2.24, 2.45) is 5.92 Å². The van der Waals surface area contributed by atoms with Gasteiger partial charge in [-0.05, 0) is 43.5 Å². The summed E-state index contributed by atoms with van der Waals surface area (Å²) in [7, 11) is 1.65. The van der Waals surface area contributed by atoms with Gasteiger partial charge in [0.25, 0.3) is 0 Å². The van der Waals surface area contributed by atoms with E-state index in [4.69, 9.17) is 19.4 Å². The average molecular weight is 566 g/mol. The van der Waals surface area contributed by atoms with E-state index in [-0.39, 0.29) is 18.5 Å². The van der Waals surface area contributed by atoms with E-state index in [9.17, 15) is 4.79 Å². The lowest BCUT2D eigenvalue weighted by atomic mass is 10.1. The van der Waals surface area contributed by atoms with Crippen LogP contribution in [-0.4, -0.2) is 86.7 Å². The van der Waals surface area contributed by atoms with Crippen molar-refractivity contribution in [1.29, 1.82) is 0 Å². The van der Waals surface area contributed by atoms with Crippen LogP contribution < -0.4 is 4.74 Å². The van der Waals surface area contributed by atoms with E-state index < -0.39 is 0 Å². The summed E-state index contributed by atoms with van der Waals surface area (Å²) in [6, 6.07) is 17.7. The molecule has 0 radical (unpaired) electrons. The van der Waals surface area contributed by atoms with E-state index in [1.54, 1.807) is 7.11 Å². The van der Waals surface area contributed by atoms with Crippen LogP contribution in [0.2, 0.25) is 0 Å². The zero-order chi connectivity index (χ0) is 28.6. The summed E-state index contributed by atoms with van der Waals surface area (Å²) in [5.74, 6) is 2.87. The molecule has 7 rings (SSSR count). The molecule has 0 spiro atoms. The van der Waals surface area contributed by atoms with E-state index in [0.29, 0.717) is 19.0 Å². The lowest BCUT2D eigenvalue weighted by Gasteiger charge is -2.41. The van der Waals surface area contributed by atoms with Crippen molar-refractivity contribution in [3.63, 3.8) is 0 Å². The molecule has 2 fully saturated rings. The van der Waals surface area contributed by atoms with Crippen LogP contribution in [0.1, 0.15) is 24.1 Å². The van der Waals surface area contributed by atoms with Crippen molar-refractivity contribution >= 4 is 27.8 Å². The predicted molar refractivity (Wildman–Crippen MR) is 160 cm³/mol. The van der Waals surface area contributed by atoms with Crippen LogP contribution in [0.5, 0.6) is 5.75 Å². The maximum Gasteiger partial charge on any atom is 0.243 e. The standard InChI is InChI=1S/C32H35N7O3/c1-21-34-27-10-8-24(41-2)15-29(27)39(21)19-31(40)38-13-12-37(17-22-11-14-42-20-22)18-30(38)32-33-16-28(36-32)26-9-7-23-5-3-4-6-25(23)35-26/h3-10,15-16,22,30H,11-14,17-20H2,1-2H3,(H,33,36)/t22?,30-/m0/s1. The van der Waals surface area contributed by atoms with Crippen molar-refractivity contribution < 1.29 is 14.3 Å². The van der Waals surface area contributed by atoms with Gasteiger partial charge in [0.1, 0.15) is 30.0 Å². The minimum atomic E-state index is -0.215. The van der Waals surface area contributed by atoms with Gasteiger partial charge >= 0.3 is 0 Å². The van der Waals surface area contributed by atoms with Gasteiger partial charge in [-0.15, -0.1) is 0 Å². The maximum atomic E-state index is 14.0. The van der Waals surface area contributed by atoms with E-state index in [1.807, 2.05) is 65.1 Å². The summed E-state index contributed by atoms with van der Waals surface area (Å²) in [5.41, 5.74) is 4.34. The second-order valence-electron chi connectivity index (χ2n) is 11.3. The van der Waals surface area contributed by atoms with Crippen LogP contribution in [0, 0.1) is 12.8 Å². The molecular weight excluding hydrogens is 530 g/mol. The Hall–Kier alpha value is -4.28. The van der Waals surface area contributed by atoms with Crippen molar-refractivity contribution in [2.75, 3.05) is 46.5 Å². The number of nitrogens with one attached hydrogen (secondary N) is 1. The first-order valence-corrected chi connectivity index (χ1v) is 14.6. The van der Waals surface area contributed by atoms with Gasteiger partial charge in [-0.1, -0.05) is 24.3 Å². The first kappa shape index (κ1) is 26.6. The predicted octanol–water partition coefficient (Wildman–Crippen LogP) is 4.21. The van der Waals surface area contributed by atoms with Crippen molar-refractivity contribution in [3.05, 3.63) is 72.4 Å². The number of aryl methyl sites for hydroxylation is 1. The molecule has 1 N–H and O–H groups in total. The Morgan fingerprint density at radius 2 is 2.00 bits per heavy atom. The van der Waals surface area contributed by atoms with Crippen LogP contribution >= 0.6 is 0 Å². The topological polar surface area (TPSA) is 101 Å². The fraction of sp³-hybridized carbons (Fsp3) is 0.375. The number of hydrogen-bond acceptors (Lipinski definition) is 7. The van der Waals surface area contributed by atoms with Crippen LogP contribution in [0.4, 0.5) is 0 Å². The van der Waals surface area contributed by atoms with E-state index in [2.05, 4.69) is 27.0 Å². The molecule has 0 saturated carbocycles. The molecule has 2 aromatic carbocycles. The second-order valence-corrected chi connectivity index (χ2v) is 11.3. The number of pyridine rings is 1. The highest BCUT2D eigenvalue weighted by atomic mass is 16.5. The lowest BCUT2D eigenvalue weighted by molar-refractivity contribution is -0.137. The van der Waals surface area contributed by atoms with Gasteiger partial charge in [-0.25, -0.2) is 15.0 Å². The molecule has 3 aromatic heterocycles. The summed E-state index contributed by atoms with van der Waals surface area (Å²) in [6.07, 6.45) is 2.91. The number of para-hydroxylation sites is 1. The number of methoxy groups -OCH3 is 1. The highest BCUT2D eigenvalue weighted by Gasteiger charge is 2.35. The molecule has 10 nitrogen and oxygen atoms in total. The van der Waals surface area contributed by atoms with Crippen molar-refractivity contribution in [3.8, 4) is 17.1 Å². The molecule has 1 unspecified atom stereocenters. The molecule has 5 heterocycles. The Bertz CT molecular complexity index is 1740. The number of ether oxygens (including phenoxy) is 2. The number of hydrogen-bond donors (Lipinski definition) is 1. The number of aromatic nitrogens is 5. The molecular formula is C32H35N7O3. The SMILES string of the molecule is COc1ccc2nc(C)n(CC(=O)N3CCN(CC4CCOC4)C[C@H]3c3ncc(-c4ccc5ccccc5n4)[nH]3)c2c1. The minimum Gasteiger partial charge on any atom is -0.497 e. The Morgan fingerprint density at radius 1 is 1.10 bits per heavy atom. The van der Waals surface area contributed by atoms with Gasteiger partial charge in [0.15, 0.2) is 0 Å². The molecule has 2 saturated heterocycles. The quantitative estimate of drug-likeness (QED) is 0.315. The van der Waals surface area contributed by atoms with Crippen molar-refractivity contribution in [2.45, 2.75) is 25.9 Å². The molecule has 42 heavy (non-hydrogen) atoms. The Balaban J connectivity index is 1.18. The van der Waals surface area contributed by atoms with Gasteiger partial charge in [0.05, 0.1) is 47.9 Å². The summed E-state index contributed by atoms with van der Waals surface area (Å²) >= 11 is 0. The summed E-state index contributed by atoms with van der Waals surface area (Å²) < 4.78 is 13.1. The molecule has 216 valence electrons. The Kier molecular flexibility index (Phi) is 7.09. The van der Waals surface area contributed by atoms with Gasteiger partial charge < -0.3 is 23.9 Å². The van der Waals surface area contributed by atoms with Crippen LogP contribution in [0.25, 0.3) is 33.3 Å². The van der Waals surface area contributed by atoms with Gasteiger partial charge in [-0.2, -0.15) is 0 Å². The van der Waals surface area contributed by atoms with Gasteiger partial charge in [0, 0.05) is 44.2 Å². The largest absolute Gasteiger partial charge is 0.497 e. The summed E-state index contributed by atoms with van der Waals surface area (Å²) in [5, 5.41) is 1.09. The lowest BCUT2D eigenvalue weighted by Crippen LogP contribution is -2.52. The molecule has 2 aliphatic rings. The number of carbonyl (C=O) groups excluding carboxylic acids is 1. The molecule has 10 heteroatoms. The number of nitrogens with zero attached hydrogens (tertiary/aromatic N) is 6. The number of amides is 1. The third-order valence-corrected chi connectivity index (χ3v) is 8.55. The number of imidazole rings is 2. The maximum absolute atomic E-state index is 14.0. The zero-order valence-corrected chi connectivity index (χ0v) is 24.0. The van der Waals surface area contributed by atoms with Crippen molar-refractivity contribution in [1.82, 2.24) is 34.3 Å². The number of rotatable bonds is 7. The number of benzene rings is 2. The van der Waals surface area contributed by atoms with Gasteiger partial charge in [-0.3, -0.25) is 9.69 Å². The van der Waals surface area contributed by atoms with Gasteiger partial charge in [0.2, 0.25) is 5.91 Å². The van der Waals surface area contributed by atoms with E-state index in [1.165, 1.54) is 0 Å². The average Bonchev–Trinajstić information content (AvgIpc) is 3.78. The second kappa shape index (κ2) is 11.2.